The molecule has 0 saturated heterocycles. The Hall–Kier alpha value is -3.20. The van der Waals surface area contributed by atoms with Crippen molar-refractivity contribution < 1.29 is 0 Å². The van der Waals surface area contributed by atoms with E-state index >= 15 is 0 Å². The predicted octanol–water partition coefficient (Wildman–Crippen LogP) is 7.16. The first-order valence-electron chi connectivity index (χ1n) is 10.7. The number of benzene rings is 2. The maximum Gasteiger partial charge on any atom is 0.125 e. The van der Waals surface area contributed by atoms with Gasteiger partial charge in [0.1, 0.15) is 5.82 Å². The van der Waals surface area contributed by atoms with Crippen LogP contribution in [0.25, 0.3) is 28.1 Å². The van der Waals surface area contributed by atoms with Crippen LogP contribution in [0.4, 0.5) is 0 Å². The van der Waals surface area contributed by atoms with Crippen molar-refractivity contribution in [2.45, 2.75) is 46.5 Å². The third-order valence-electron chi connectivity index (χ3n) is 5.59. The fraction of sp³-hybridized carbons (Fsp3) is 0.259. The van der Waals surface area contributed by atoms with E-state index in [9.17, 15) is 0 Å². The van der Waals surface area contributed by atoms with Crippen LogP contribution in [0.2, 0.25) is 0 Å². The van der Waals surface area contributed by atoms with Crippen molar-refractivity contribution in [2.75, 3.05) is 0 Å². The van der Waals surface area contributed by atoms with Gasteiger partial charge in [0.15, 0.2) is 0 Å². The molecule has 0 fully saturated rings. The normalized spacial score (nSPS) is 11.4. The van der Waals surface area contributed by atoms with E-state index in [1.807, 2.05) is 19.3 Å². The number of hydrogen-bond acceptors (Lipinski definition) is 2. The second-order valence-electron chi connectivity index (χ2n) is 8.46. The first-order valence-corrected chi connectivity index (χ1v) is 10.7. The van der Waals surface area contributed by atoms with Gasteiger partial charge in [-0.1, -0.05) is 58.0 Å². The molecule has 0 spiro atoms. The summed E-state index contributed by atoms with van der Waals surface area (Å²) < 4.78 is 2.36. The summed E-state index contributed by atoms with van der Waals surface area (Å²) in [6, 6.07) is 19.6. The van der Waals surface area contributed by atoms with Gasteiger partial charge in [-0.15, -0.1) is 0 Å². The van der Waals surface area contributed by atoms with Gasteiger partial charge in [0.25, 0.3) is 0 Å². The second kappa shape index (κ2) is 8.27. The summed E-state index contributed by atoms with van der Waals surface area (Å²) in [6.45, 7) is 11.0. The Bertz CT molecular complexity index is 1110. The molecule has 0 N–H and O–H groups in total. The largest absolute Gasteiger partial charge is 0.316 e. The zero-order chi connectivity index (χ0) is 21.3. The third kappa shape index (κ3) is 3.80. The van der Waals surface area contributed by atoms with Crippen LogP contribution in [0.3, 0.4) is 0 Å². The minimum atomic E-state index is 0.384. The third-order valence-corrected chi connectivity index (χ3v) is 5.59. The Kier molecular flexibility index (Phi) is 5.54. The Labute approximate surface area is 179 Å². The molecule has 2 heterocycles. The summed E-state index contributed by atoms with van der Waals surface area (Å²) in [7, 11) is 0. The van der Waals surface area contributed by atoms with Crippen molar-refractivity contribution in [2.24, 2.45) is 0 Å². The van der Waals surface area contributed by atoms with Gasteiger partial charge in [-0.05, 0) is 65.3 Å². The van der Waals surface area contributed by atoms with Gasteiger partial charge in [0.2, 0.25) is 0 Å². The number of aromatic nitrogens is 3. The molecular weight excluding hydrogens is 366 g/mol. The molecule has 3 heteroatoms. The molecule has 0 atom stereocenters. The summed E-state index contributed by atoms with van der Waals surface area (Å²) in [5.74, 6) is 1.56. The van der Waals surface area contributed by atoms with E-state index in [2.05, 4.69) is 103 Å². The predicted molar refractivity (Wildman–Crippen MR) is 125 cm³/mol. The molecule has 0 aliphatic heterocycles. The Morgan fingerprint density at radius 2 is 1.30 bits per heavy atom. The van der Waals surface area contributed by atoms with Crippen molar-refractivity contribution >= 4 is 0 Å². The highest BCUT2D eigenvalue weighted by molar-refractivity contribution is 5.71. The van der Waals surface area contributed by atoms with Gasteiger partial charge < -0.3 is 4.57 Å². The quantitative estimate of drug-likeness (QED) is 0.359. The van der Waals surface area contributed by atoms with Gasteiger partial charge in [-0.2, -0.15) is 0 Å². The van der Waals surface area contributed by atoms with E-state index in [4.69, 9.17) is 0 Å². The molecule has 30 heavy (non-hydrogen) atoms. The second-order valence-corrected chi connectivity index (χ2v) is 8.46. The van der Waals surface area contributed by atoms with Crippen LogP contribution in [-0.4, -0.2) is 14.5 Å². The zero-order valence-corrected chi connectivity index (χ0v) is 18.4. The fourth-order valence-corrected chi connectivity index (χ4v) is 3.97. The van der Waals surface area contributed by atoms with E-state index in [1.165, 1.54) is 33.6 Å². The summed E-state index contributed by atoms with van der Waals surface area (Å²) in [4.78, 5) is 8.83. The first-order chi connectivity index (χ1) is 14.5. The smallest absolute Gasteiger partial charge is 0.125 e. The maximum absolute atomic E-state index is 4.41. The van der Waals surface area contributed by atoms with Crippen LogP contribution < -0.4 is 0 Å². The molecule has 0 radical (unpaired) electrons. The highest BCUT2D eigenvalue weighted by atomic mass is 15.0. The molecule has 0 aliphatic rings. The average molecular weight is 396 g/mol. The van der Waals surface area contributed by atoms with Crippen molar-refractivity contribution in [3.8, 4) is 28.1 Å². The molecular formula is C27H29N3. The van der Waals surface area contributed by atoms with Crippen LogP contribution in [-0.2, 0) is 0 Å². The fourth-order valence-electron chi connectivity index (χ4n) is 3.97. The van der Waals surface area contributed by atoms with Crippen molar-refractivity contribution in [1.82, 2.24) is 14.5 Å². The van der Waals surface area contributed by atoms with Crippen LogP contribution in [0.1, 0.15) is 56.5 Å². The van der Waals surface area contributed by atoms with E-state index in [0.29, 0.717) is 11.8 Å². The van der Waals surface area contributed by atoms with Crippen molar-refractivity contribution in [3.05, 3.63) is 90.1 Å². The van der Waals surface area contributed by atoms with Crippen LogP contribution in [0.5, 0.6) is 0 Å². The molecule has 0 amide bonds. The highest BCUT2D eigenvalue weighted by Gasteiger charge is 2.20. The van der Waals surface area contributed by atoms with Gasteiger partial charge in [-0.3, -0.25) is 0 Å². The molecule has 4 rings (SSSR count). The number of hydrogen-bond donors (Lipinski definition) is 0. The first kappa shape index (κ1) is 20.1. The Morgan fingerprint density at radius 1 is 0.700 bits per heavy atom. The maximum atomic E-state index is 4.41. The molecule has 0 saturated carbocycles. The average Bonchev–Trinajstić information content (AvgIpc) is 3.23. The summed E-state index contributed by atoms with van der Waals surface area (Å²) in [5, 5.41) is 0. The van der Waals surface area contributed by atoms with E-state index in [-0.39, 0.29) is 0 Å². The molecule has 3 nitrogen and oxygen atoms in total. The monoisotopic (exact) mass is 395 g/mol. The minimum Gasteiger partial charge on any atom is -0.316 e. The van der Waals surface area contributed by atoms with Crippen molar-refractivity contribution in [1.29, 1.82) is 0 Å². The molecule has 152 valence electrons. The standard InChI is InChI=1S/C27H29N3/c1-18(2)24-14-22(23-16-28-20(5)29-17-23)15-25(19(3)4)27(24)30-13-9-12-26(30)21-10-7-6-8-11-21/h6-19H,1-5H3. The Morgan fingerprint density at radius 3 is 1.87 bits per heavy atom. The summed E-state index contributed by atoms with van der Waals surface area (Å²) in [6.07, 6.45) is 6.04. The van der Waals surface area contributed by atoms with Crippen LogP contribution in [0.15, 0.2) is 73.2 Å². The molecule has 0 aliphatic carbocycles. The van der Waals surface area contributed by atoms with Gasteiger partial charge >= 0.3 is 0 Å². The van der Waals surface area contributed by atoms with Crippen molar-refractivity contribution in [3.63, 3.8) is 0 Å². The van der Waals surface area contributed by atoms with Gasteiger partial charge in [-0.25, -0.2) is 9.97 Å². The lowest BCUT2D eigenvalue weighted by molar-refractivity contribution is 0.808. The number of aryl methyl sites for hydroxylation is 1. The molecule has 2 aromatic heterocycles. The lowest BCUT2D eigenvalue weighted by Crippen LogP contribution is -2.08. The molecule has 4 aromatic rings. The number of rotatable bonds is 5. The van der Waals surface area contributed by atoms with Crippen LogP contribution >= 0.6 is 0 Å². The topological polar surface area (TPSA) is 30.7 Å². The van der Waals surface area contributed by atoms with E-state index in [1.54, 1.807) is 0 Å². The molecule has 0 unspecified atom stereocenters. The van der Waals surface area contributed by atoms with Gasteiger partial charge in [0, 0.05) is 24.2 Å². The molecule has 2 aromatic carbocycles. The SMILES string of the molecule is Cc1ncc(-c2cc(C(C)C)c(-n3cccc3-c3ccccc3)c(C(C)C)c2)cn1. The zero-order valence-electron chi connectivity index (χ0n) is 18.4. The Balaban J connectivity index is 1.97. The van der Waals surface area contributed by atoms with Crippen LogP contribution in [0, 0.1) is 6.92 Å². The molecule has 0 bridgehead atoms. The summed E-state index contributed by atoms with van der Waals surface area (Å²) >= 11 is 0. The highest BCUT2D eigenvalue weighted by Crippen LogP contribution is 2.38. The minimum absolute atomic E-state index is 0.384. The lowest BCUT2D eigenvalue weighted by Gasteiger charge is -2.24. The van der Waals surface area contributed by atoms with E-state index < -0.39 is 0 Å². The van der Waals surface area contributed by atoms with Gasteiger partial charge in [0.05, 0.1) is 11.4 Å². The summed E-state index contributed by atoms with van der Waals surface area (Å²) in [5.41, 5.74) is 8.65. The lowest BCUT2D eigenvalue weighted by atomic mass is 9.88. The van der Waals surface area contributed by atoms with E-state index in [0.717, 1.165) is 11.4 Å². The number of nitrogens with zero attached hydrogens (tertiary/aromatic N) is 3.